The van der Waals surface area contributed by atoms with Gasteiger partial charge < -0.3 is 5.32 Å². The second-order valence-electron chi connectivity index (χ2n) is 3.81. The van der Waals surface area contributed by atoms with Crippen LogP contribution in [0.1, 0.15) is 27.2 Å². The molecule has 0 rings (SSSR count). The largest absolute Gasteiger partial charge is 0.401 e. The molecular formula is C10H21F3N2. The smallest absolute Gasteiger partial charge is 0.313 e. The molecule has 0 aliphatic heterocycles. The van der Waals surface area contributed by atoms with Crippen molar-refractivity contribution in [2.75, 3.05) is 26.2 Å². The SMILES string of the molecule is CCCN(CC(C)NCC)CC(F)(F)F. The van der Waals surface area contributed by atoms with E-state index in [0.717, 1.165) is 13.0 Å². The predicted molar refractivity (Wildman–Crippen MR) is 55.9 cm³/mol. The number of halogens is 3. The Morgan fingerprint density at radius 1 is 1.27 bits per heavy atom. The predicted octanol–water partition coefficient (Wildman–Crippen LogP) is 2.26. The van der Waals surface area contributed by atoms with E-state index < -0.39 is 12.7 Å². The minimum atomic E-state index is -4.10. The van der Waals surface area contributed by atoms with Gasteiger partial charge in [-0.25, -0.2) is 0 Å². The lowest BCUT2D eigenvalue weighted by Crippen LogP contribution is -2.43. The first-order valence-electron chi connectivity index (χ1n) is 5.41. The first kappa shape index (κ1) is 14.7. The number of alkyl halides is 3. The van der Waals surface area contributed by atoms with Gasteiger partial charge in [-0.05, 0) is 26.4 Å². The minimum Gasteiger partial charge on any atom is -0.313 e. The van der Waals surface area contributed by atoms with E-state index in [1.165, 1.54) is 4.90 Å². The summed E-state index contributed by atoms with van der Waals surface area (Å²) >= 11 is 0. The first-order chi connectivity index (χ1) is 6.89. The highest BCUT2D eigenvalue weighted by atomic mass is 19.4. The number of likely N-dealkylation sites (N-methyl/N-ethyl adjacent to an activating group) is 1. The lowest BCUT2D eigenvalue weighted by Gasteiger charge is -2.26. The molecule has 0 fully saturated rings. The van der Waals surface area contributed by atoms with E-state index in [4.69, 9.17) is 0 Å². The van der Waals surface area contributed by atoms with Crippen LogP contribution in [0.3, 0.4) is 0 Å². The van der Waals surface area contributed by atoms with Crippen molar-refractivity contribution in [3.63, 3.8) is 0 Å². The number of hydrogen-bond donors (Lipinski definition) is 1. The molecule has 0 aromatic heterocycles. The highest BCUT2D eigenvalue weighted by Gasteiger charge is 2.30. The van der Waals surface area contributed by atoms with Crippen molar-refractivity contribution in [3.8, 4) is 0 Å². The molecule has 92 valence electrons. The Bertz CT molecular complexity index is 159. The van der Waals surface area contributed by atoms with E-state index in [9.17, 15) is 13.2 Å². The van der Waals surface area contributed by atoms with Crippen molar-refractivity contribution < 1.29 is 13.2 Å². The van der Waals surface area contributed by atoms with E-state index in [1.54, 1.807) is 0 Å². The third-order valence-corrected chi connectivity index (χ3v) is 2.03. The van der Waals surface area contributed by atoms with E-state index in [1.807, 2.05) is 20.8 Å². The van der Waals surface area contributed by atoms with Crippen LogP contribution in [0.15, 0.2) is 0 Å². The van der Waals surface area contributed by atoms with Crippen LogP contribution in [0, 0.1) is 0 Å². The average molecular weight is 226 g/mol. The Morgan fingerprint density at radius 3 is 2.27 bits per heavy atom. The van der Waals surface area contributed by atoms with Gasteiger partial charge in [0, 0.05) is 12.6 Å². The second kappa shape index (κ2) is 7.06. The lowest BCUT2D eigenvalue weighted by molar-refractivity contribution is -0.146. The van der Waals surface area contributed by atoms with Gasteiger partial charge in [0.2, 0.25) is 0 Å². The summed E-state index contributed by atoms with van der Waals surface area (Å²) in [6, 6.07) is 0.101. The topological polar surface area (TPSA) is 15.3 Å². The van der Waals surface area contributed by atoms with Crippen LogP contribution in [0.5, 0.6) is 0 Å². The molecule has 0 spiro atoms. The summed E-state index contributed by atoms with van der Waals surface area (Å²) in [6.45, 7) is 6.66. The average Bonchev–Trinajstić information content (AvgIpc) is 2.01. The van der Waals surface area contributed by atoms with Crippen molar-refractivity contribution in [1.29, 1.82) is 0 Å². The molecule has 5 heteroatoms. The molecule has 0 aromatic carbocycles. The van der Waals surface area contributed by atoms with Crippen LogP contribution in [0.2, 0.25) is 0 Å². The van der Waals surface area contributed by atoms with Crippen molar-refractivity contribution in [2.24, 2.45) is 0 Å². The van der Waals surface area contributed by atoms with Crippen LogP contribution in [-0.2, 0) is 0 Å². The molecule has 0 aliphatic carbocycles. The number of rotatable bonds is 7. The number of nitrogens with zero attached hydrogens (tertiary/aromatic N) is 1. The molecule has 0 radical (unpaired) electrons. The van der Waals surface area contributed by atoms with Gasteiger partial charge in [0.05, 0.1) is 6.54 Å². The summed E-state index contributed by atoms with van der Waals surface area (Å²) in [5.41, 5.74) is 0. The molecule has 0 aliphatic rings. The molecule has 0 saturated carbocycles. The molecule has 0 saturated heterocycles. The van der Waals surface area contributed by atoms with Gasteiger partial charge in [-0.2, -0.15) is 13.2 Å². The lowest BCUT2D eigenvalue weighted by atomic mass is 10.3. The fraction of sp³-hybridized carbons (Fsp3) is 1.00. The quantitative estimate of drug-likeness (QED) is 0.716. The van der Waals surface area contributed by atoms with E-state index >= 15 is 0 Å². The Hall–Kier alpha value is -0.290. The van der Waals surface area contributed by atoms with Crippen LogP contribution < -0.4 is 5.32 Å². The standard InChI is InChI=1S/C10H21F3N2/c1-4-6-15(8-10(11,12)13)7-9(3)14-5-2/h9,14H,4-8H2,1-3H3. The van der Waals surface area contributed by atoms with E-state index in [2.05, 4.69) is 5.32 Å². The summed E-state index contributed by atoms with van der Waals surface area (Å²) < 4.78 is 36.6. The van der Waals surface area contributed by atoms with Crippen molar-refractivity contribution >= 4 is 0 Å². The maximum absolute atomic E-state index is 12.2. The van der Waals surface area contributed by atoms with E-state index in [0.29, 0.717) is 13.1 Å². The Balaban J connectivity index is 4.03. The van der Waals surface area contributed by atoms with Gasteiger partial charge in [-0.15, -0.1) is 0 Å². The fourth-order valence-electron chi connectivity index (χ4n) is 1.60. The summed E-state index contributed by atoms with van der Waals surface area (Å²) in [5, 5.41) is 3.11. The molecule has 0 aromatic rings. The van der Waals surface area contributed by atoms with Crippen LogP contribution in [0.25, 0.3) is 0 Å². The summed E-state index contributed by atoms with van der Waals surface area (Å²) in [6.07, 6.45) is -3.35. The van der Waals surface area contributed by atoms with Crippen LogP contribution >= 0.6 is 0 Å². The number of hydrogen-bond acceptors (Lipinski definition) is 2. The molecule has 2 nitrogen and oxygen atoms in total. The van der Waals surface area contributed by atoms with Crippen molar-refractivity contribution in [1.82, 2.24) is 10.2 Å². The van der Waals surface area contributed by atoms with Gasteiger partial charge in [0.1, 0.15) is 0 Å². The molecule has 15 heavy (non-hydrogen) atoms. The van der Waals surface area contributed by atoms with Crippen molar-refractivity contribution in [3.05, 3.63) is 0 Å². The second-order valence-corrected chi connectivity index (χ2v) is 3.81. The molecule has 1 atom stereocenters. The highest BCUT2D eigenvalue weighted by Crippen LogP contribution is 2.16. The van der Waals surface area contributed by atoms with Crippen molar-refractivity contribution in [2.45, 2.75) is 39.4 Å². The monoisotopic (exact) mass is 226 g/mol. The summed E-state index contributed by atoms with van der Waals surface area (Å²) in [7, 11) is 0. The molecule has 1 unspecified atom stereocenters. The van der Waals surface area contributed by atoms with Crippen LogP contribution in [-0.4, -0.2) is 43.3 Å². The molecule has 0 bridgehead atoms. The van der Waals surface area contributed by atoms with Gasteiger partial charge in [-0.1, -0.05) is 13.8 Å². The third kappa shape index (κ3) is 8.69. The molecule has 0 heterocycles. The number of nitrogens with one attached hydrogen (secondary N) is 1. The Labute approximate surface area is 89.8 Å². The minimum absolute atomic E-state index is 0.101. The fourth-order valence-corrected chi connectivity index (χ4v) is 1.60. The molecule has 1 N–H and O–H groups in total. The summed E-state index contributed by atoms with van der Waals surface area (Å²) in [4.78, 5) is 1.45. The van der Waals surface area contributed by atoms with E-state index in [-0.39, 0.29) is 6.04 Å². The Kier molecular flexibility index (Phi) is 6.92. The normalized spacial score (nSPS) is 14.6. The maximum Gasteiger partial charge on any atom is 0.401 e. The Morgan fingerprint density at radius 2 is 1.87 bits per heavy atom. The van der Waals surface area contributed by atoms with Gasteiger partial charge >= 0.3 is 6.18 Å². The molecule has 0 amide bonds. The summed E-state index contributed by atoms with van der Waals surface area (Å²) in [5.74, 6) is 0. The maximum atomic E-state index is 12.2. The third-order valence-electron chi connectivity index (χ3n) is 2.03. The first-order valence-corrected chi connectivity index (χ1v) is 5.41. The van der Waals surface area contributed by atoms with Gasteiger partial charge in [-0.3, -0.25) is 4.90 Å². The zero-order valence-corrected chi connectivity index (χ0v) is 9.69. The zero-order valence-electron chi connectivity index (χ0n) is 9.69. The molecular weight excluding hydrogens is 205 g/mol. The van der Waals surface area contributed by atoms with Gasteiger partial charge in [0.25, 0.3) is 0 Å². The zero-order chi connectivity index (χ0) is 11.9. The van der Waals surface area contributed by atoms with Crippen LogP contribution in [0.4, 0.5) is 13.2 Å². The van der Waals surface area contributed by atoms with Gasteiger partial charge in [0.15, 0.2) is 0 Å². The highest BCUT2D eigenvalue weighted by molar-refractivity contribution is 4.69.